The van der Waals surface area contributed by atoms with Crippen molar-refractivity contribution in [1.29, 1.82) is 0 Å². The minimum Gasteiger partial charge on any atom is -0.464 e. The lowest BCUT2D eigenvalue weighted by molar-refractivity contribution is 0.617. The first kappa shape index (κ1) is 22.0. The highest BCUT2D eigenvalue weighted by atomic mass is 32.1. The van der Waals surface area contributed by atoms with Gasteiger partial charge in [0.15, 0.2) is 0 Å². The van der Waals surface area contributed by atoms with E-state index in [9.17, 15) is 0 Å². The molecule has 0 atom stereocenters. The maximum Gasteiger partial charge on any atom is 0.143 e. The number of hydrogen-bond donors (Lipinski definition) is 0. The molecule has 0 unspecified atom stereocenters. The molecule has 0 aliphatic rings. The van der Waals surface area contributed by atoms with Crippen molar-refractivity contribution >= 4 is 74.8 Å². The van der Waals surface area contributed by atoms with E-state index in [1.54, 1.807) is 0 Å². The summed E-state index contributed by atoms with van der Waals surface area (Å²) in [6.45, 7) is 0. The number of furan rings is 1. The van der Waals surface area contributed by atoms with Gasteiger partial charge in [-0.05, 0) is 61.6 Å². The van der Waals surface area contributed by atoms with Crippen LogP contribution < -0.4 is 0 Å². The van der Waals surface area contributed by atoms with Gasteiger partial charge in [-0.2, -0.15) is 0 Å². The summed E-state index contributed by atoms with van der Waals surface area (Å²) >= 11 is 1.85. The first-order valence-electron chi connectivity index (χ1n) is 13.6. The molecular weight excluding hydrogens is 504 g/mol. The van der Waals surface area contributed by atoms with Gasteiger partial charge in [-0.1, -0.05) is 109 Å². The van der Waals surface area contributed by atoms with Crippen molar-refractivity contribution in [3.63, 3.8) is 0 Å². The molecule has 0 saturated carbocycles. The van der Waals surface area contributed by atoms with Gasteiger partial charge in [0.1, 0.15) is 5.58 Å². The van der Waals surface area contributed by atoms with Crippen molar-refractivity contribution in [3.05, 3.63) is 134 Å². The molecular formula is C38H22OS. The molecule has 0 aliphatic carbocycles. The summed E-state index contributed by atoms with van der Waals surface area (Å²) in [7, 11) is 0. The van der Waals surface area contributed by atoms with Gasteiger partial charge in [0, 0.05) is 36.7 Å². The van der Waals surface area contributed by atoms with E-state index in [1.807, 2.05) is 17.6 Å². The zero-order chi connectivity index (χ0) is 26.2. The predicted octanol–water partition coefficient (Wildman–Crippen LogP) is 11.6. The zero-order valence-electron chi connectivity index (χ0n) is 21.5. The van der Waals surface area contributed by atoms with Crippen LogP contribution in [0.5, 0.6) is 0 Å². The third kappa shape index (κ3) is 2.97. The summed E-state index contributed by atoms with van der Waals surface area (Å²) in [4.78, 5) is 0. The fourth-order valence-corrected chi connectivity index (χ4v) is 7.86. The van der Waals surface area contributed by atoms with Crippen LogP contribution in [0.4, 0.5) is 0 Å². The fourth-order valence-electron chi connectivity index (χ4n) is 6.65. The van der Waals surface area contributed by atoms with Crippen LogP contribution in [0.25, 0.3) is 85.7 Å². The van der Waals surface area contributed by atoms with Gasteiger partial charge in [0.05, 0.1) is 6.26 Å². The second kappa shape index (κ2) is 8.29. The van der Waals surface area contributed by atoms with E-state index in [4.69, 9.17) is 4.42 Å². The lowest BCUT2D eigenvalue weighted by Crippen LogP contribution is -1.92. The SMILES string of the molecule is c1ccc2c(-c3c4ccccc4c(-c4cc5c6ccccc6sc5c5ccoc45)c4ccccc34)cccc2c1. The molecule has 9 aromatic rings. The Bertz CT molecular complexity index is 2380. The molecule has 2 heteroatoms. The first-order chi connectivity index (χ1) is 19.9. The van der Waals surface area contributed by atoms with Gasteiger partial charge in [-0.15, -0.1) is 11.3 Å². The number of fused-ring (bicyclic) bond motifs is 8. The second-order valence-electron chi connectivity index (χ2n) is 10.4. The Morgan fingerprint density at radius 3 is 1.73 bits per heavy atom. The molecule has 0 radical (unpaired) electrons. The van der Waals surface area contributed by atoms with Crippen LogP contribution in [0.3, 0.4) is 0 Å². The highest BCUT2D eigenvalue weighted by molar-refractivity contribution is 7.26. The Hall–Kier alpha value is -4.92. The van der Waals surface area contributed by atoms with E-state index in [2.05, 4.69) is 127 Å². The molecule has 7 aromatic carbocycles. The van der Waals surface area contributed by atoms with Crippen LogP contribution in [-0.4, -0.2) is 0 Å². The summed E-state index contributed by atoms with van der Waals surface area (Å²) in [5, 5.41) is 11.3. The standard InChI is InChI=1S/C38H22OS/c1-2-12-24-23(10-1)11-9-18-26(24)35-27-14-3-5-16-29(27)36(30-17-6-4-15-28(30)35)33-22-32-25-13-7-8-19-34(25)40-38(32)31-20-21-39-37(31)33/h1-22H. The van der Waals surface area contributed by atoms with Crippen LogP contribution in [0.2, 0.25) is 0 Å². The molecule has 0 bridgehead atoms. The van der Waals surface area contributed by atoms with Crippen molar-refractivity contribution in [2.24, 2.45) is 0 Å². The molecule has 0 aliphatic heterocycles. The Kier molecular flexibility index (Phi) is 4.55. The van der Waals surface area contributed by atoms with Crippen LogP contribution >= 0.6 is 11.3 Å². The maximum absolute atomic E-state index is 6.28. The smallest absolute Gasteiger partial charge is 0.143 e. The normalized spacial score (nSPS) is 12.0. The minimum atomic E-state index is 0.951. The molecule has 2 heterocycles. The molecule has 2 aromatic heterocycles. The molecule has 0 saturated heterocycles. The lowest BCUT2D eigenvalue weighted by atomic mass is 9.84. The highest BCUT2D eigenvalue weighted by Crippen LogP contribution is 2.49. The minimum absolute atomic E-state index is 0.951. The average Bonchev–Trinajstić information content (AvgIpc) is 3.65. The van der Waals surface area contributed by atoms with Gasteiger partial charge >= 0.3 is 0 Å². The molecule has 9 rings (SSSR count). The van der Waals surface area contributed by atoms with Crippen molar-refractivity contribution in [3.8, 4) is 22.3 Å². The van der Waals surface area contributed by atoms with E-state index < -0.39 is 0 Å². The Morgan fingerprint density at radius 1 is 0.425 bits per heavy atom. The zero-order valence-corrected chi connectivity index (χ0v) is 22.3. The lowest BCUT2D eigenvalue weighted by Gasteiger charge is -2.19. The average molecular weight is 527 g/mol. The van der Waals surface area contributed by atoms with Crippen molar-refractivity contribution in [2.75, 3.05) is 0 Å². The van der Waals surface area contributed by atoms with E-state index in [-0.39, 0.29) is 0 Å². The molecule has 0 amide bonds. The van der Waals surface area contributed by atoms with E-state index in [1.165, 1.54) is 74.6 Å². The fraction of sp³-hybridized carbons (Fsp3) is 0. The van der Waals surface area contributed by atoms with Gasteiger partial charge in [0.2, 0.25) is 0 Å². The van der Waals surface area contributed by atoms with E-state index in [0.717, 1.165) is 11.1 Å². The third-order valence-electron chi connectivity index (χ3n) is 8.34. The van der Waals surface area contributed by atoms with E-state index in [0.29, 0.717) is 0 Å². The maximum atomic E-state index is 6.28. The predicted molar refractivity (Wildman–Crippen MR) is 172 cm³/mol. The summed E-state index contributed by atoms with van der Waals surface area (Å²) in [5.41, 5.74) is 5.87. The molecule has 0 N–H and O–H groups in total. The first-order valence-corrected chi connectivity index (χ1v) is 14.4. The van der Waals surface area contributed by atoms with Crippen LogP contribution in [0.1, 0.15) is 0 Å². The van der Waals surface area contributed by atoms with Crippen LogP contribution in [-0.2, 0) is 0 Å². The van der Waals surface area contributed by atoms with Crippen molar-refractivity contribution < 1.29 is 4.42 Å². The molecule has 40 heavy (non-hydrogen) atoms. The van der Waals surface area contributed by atoms with Gasteiger partial charge in [-0.25, -0.2) is 0 Å². The molecule has 1 nitrogen and oxygen atoms in total. The summed E-state index contributed by atoms with van der Waals surface area (Å²) in [5.74, 6) is 0. The quantitative estimate of drug-likeness (QED) is 0.204. The van der Waals surface area contributed by atoms with Gasteiger partial charge < -0.3 is 4.42 Å². The van der Waals surface area contributed by atoms with Crippen LogP contribution in [0.15, 0.2) is 138 Å². The number of benzene rings is 7. The van der Waals surface area contributed by atoms with Crippen molar-refractivity contribution in [1.82, 2.24) is 0 Å². The third-order valence-corrected chi connectivity index (χ3v) is 9.56. The Balaban J connectivity index is 1.49. The molecule has 186 valence electrons. The molecule has 0 spiro atoms. The van der Waals surface area contributed by atoms with Crippen molar-refractivity contribution in [2.45, 2.75) is 0 Å². The monoisotopic (exact) mass is 526 g/mol. The largest absolute Gasteiger partial charge is 0.464 e. The second-order valence-corrected chi connectivity index (χ2v) is 11.5. The summed E-state index contributed by atoms with van der Waals surface area (Å²) in [6, 6.07) is 46.3. The Morgan fingerprint density at radius 2 is 1.00 bits per heavy atom. The summed E-state index contributed by atoms with van der Waals surface area (Å²) in [6.07, 6.45) is 1.84. The number of rotatable bonds is 2. The number of hydrogen-bond acceptors (Lipinski definition) is 2. The highest BCUT2D eigenvalue weighted by Gasteiger charge is 2.22. The van der Waals surface area contributed by atoms with Gasteiger partial charge in [0.25, 0.3) is 0 Å². The Labute approximate surface area is 234 Å². The summed E-state index contributed by atoms with van der Waals surface area (Å²) < 4.78 is 8.88. The van der Waals surface area contributed by atoms with E-state index >= 15 is 0 Å². The van der Waals surface area contributed by atoms with Gasteiger partial charge in [-0.3, -0.25) is 0 Å². The number of thiophene rings is 1. The van der Waals surface area contributed by atoms with Crippen LogP contribution in [0, 0.1) is 0 Å². The molecule has 0 fully saturated rings. The topological polar surface area (TPSA) is 13.1 Å².